The van der Waals surface area contributed by atoms with Crippen molar-refractivity contribution in [3.63, 3.8) is 0 Å². The van der Waals surface area contributed by atoms with Gasteiger partial charge in [-0.2, -0.15) is 0 Å². The fourth-order valence-corrected chi connectivity index (χ4v) is 2.40. The van der Waals surface area contributed by atoms with E-state index in [1.807, 2.05) is 68.4 Å². The van der Waals surface area contributed by atoms with E-state index in [-0.39, 0.29) is 11.9 Å². The van der Waals surface area contributed by atoms with Crippen LogP contribution in [-0.4, -0.2) is 18.6 Å². The molecule has 4 nitrogen and oxygen atoms in total. The molecule has 0 aliphatic heterocycles. The van der Waals surface area contributed by atoms with E-state index in [1.54, 1.807) is 0 Å². The standard InChI is InChI=1S/C19H24N2O2/c1-3-23-17-11-7-10-16(13-17)14(2)21-19(22)18(20)12-15-8-5-4-6-9-15/h4-11,13-14,18H,3,12,20H2,1-2H3,(H,21,22)/t14?,18-/m0/s1. The van der Waals surface area contributed by atoms with Gasteiger partial charge in [-0.3, -0.25) is 4.79 Å². The van der Waals surface area contributed by atoms with Gasteiger partial charge in [-0.1, -0.05) is 42.5 Å². The maximum atomic E-state index is 12.3. The van der Waals surface area contributed by atoms with E-state index in [1.165, 1.54) is 0 Å². The Morgan fingerprint density at radius 2 is 1.91 bits per heavy atom. The summed E-state index contributed by atoms with van der Waals surface area (Å²) < 4.78 is 5.49. The highest BCUT2D eigenvalue weighted by molar-refractivity contribution is 5.82. The molecule has 2 rings (SSSR count). The molecule has 2 aromatic carbocycles. The van der Waals surface area contributed by atoms with Gasteiger partial charge >= 0.3 is 0 Å². The van der Waals surface area contributed by atoms with Gasteiger partial charge in [-0.05, 0) is 43.5 Å². The summed E-state index contributed by atoms with van der Waals surface area (Å²) in [4.78, 5) is 12.3. The van der Waals surface area contributed by atoms with Gasteiger partial charge in [-0.15, -0.1) is 0 Å². The lowest BCUT2D eigenvalue weighted by atomic mass is 10.0. The Hall–Kier alpha value is -2.33. The molecule has 0 spiro atoms. The van der Waals surface area contributed by atoms with Gasteiger partial charge in [0.2, 0.25) is 5.91 Å². The SMILES string of the molecule is CCOc1cccc(C(C)NC(=O)[C@@H](N)Cc2ccccc2)c1. The highest BCUT2D eigenvalue weighted by Crippen LogP contribution is 2.19. The number of rotatable bonds is 7. The van der Waals surface area contributed by atoms with E-state index in [0.29, 0.717) is 13.0 Å². The van der Waals surface area contributed by atoms with Crippen LogP contribution in [0.15, 0.2) is 54.6 Å². The van der Waals surface area contributed by atoms with Gasteiger partial charge in [0, 0.05) is 0 Å². The van der Waals surface area contributed by atoms with Crippen LogP contribution in [0.3, 0.4) is 0 Å². The molecule has 2 aromatic rings. The molecular formula is C19H24N2O2. The second-order valence-electron chi connectivity index (χ2n) is 5.53. The lowest BCUT2D eigenvalue weighted by Gasteiger charge is -2.18. The van der Waals surface area contributed by atoms with Crippen LogP contribution in [0.2, 0.25) is 0 Å². The molecule has 2 atom stereocenters. The van der Waals surface area contributed by atoms with Crippen molar-refractivity contribution >= 4 is 5.91 Å². The number of ether oxygens (including phenoxy) is 1. The molecule has 0 radical (unpaired) electrons. The van der Waals surface area contributed by atoms with Crippen LogP contribution in [0.5, 0.6) is 5.75 Å². The topological polar surface area (TPSA) is 64.3 Å². The highest BCUT2D eigenvalue weighted by atomic mass is 16.5. The zero-order valence-electron chi connectivity index (χ0n) is 13.7. The van der Waals surface area contributed by atoms with E-state index in [2.05, 4.69) is 5.32 Å². The Kier molecular flexibility index (Phi) is 6.18. The van der Waals surface area contributed by atoms with Crippen molar-refractivity contribution in [1.82, 2.24) is 5.32 Å². The number of benzene rings is 2. The maximum Gasteiger partial charge on any atom is 0.237 e. The van der Waals surface area contributed by atoms with Crippen molar-refractivity contribution in [1.29, 1.82) is 0 Å². The minimum absolute atomic E-state index is 0.121. The first-order valence-electron chi connectivity index (χ1n) is 7.92. The number of carbonyl (C=O) groups is 1. The summed E-state index contributed by atoms with van der Waals surface area (Å²) in [7, 11) is 0. The number of nitrogens with one attached hydrogen (secondary N) is 1. The second-order valence-corrected chi connectivity index (χ2v) is 5.53. The van der Waals surface area contributed by atoms with Gasteiger partial charge < -0.3 is 15.8 Å². The maximum absolute atomic E-state index is 12.3. The van der Waals surface area contributed by atoms with E-state index in [9.17, 15) is 4.79 Å². The van der Waals surface area contributed by atoms with Gasteiger partial charge in [0.15, 0.2) is 0 Å². The Morgan fingerprint density at radius 1 is 1.17 bits per heavy atom. The van der Waals surface area contributed by atoms with Crippen molar-refractivity contribution in [3.8, 4) is 5.75 Å². The van der Waals surface area contributed by atoms with Crippen LogP contribution < -0.4 is 15.8 Å². The average molecular weight is 312 g/mol. The third kappa shape index (κ3) is 5.11. The fourth-order valence-electron chi connectivity index (χ4n) is 2.40. The zero-order valence-corrected chi connectivity index (χ0v) is 13.7. The van der Waals surface area contributed by atoms with Crippen LogP contribution in [0, 0.1) is 0 Å². The molecule has 0 aliphatic carbocycles. The first-order valence-corrected chi connectivity index (χ1v) is 7.92. The Morgan fingerprint density at radius 3 is 2.61 bits per heavy atom. The van der Waals surface area contributed by atoms with E-state index < -0.39 is 6.04 Å². The molecular weight excluding hydrogens is 288 g/mol. The van der Waals surface area contributed by atoms with Gasteiger partial charge in [0.05, 0.1) is 18.7 Å². The van der Waals surface area contributed by atoms with Crippen LogP contribution in [0.4, 0.5) is 0 Å². The van der Waals surface area contributed by atoms with E-state index in [0.717, 1.165) is 16.9 Å². The summed E-state index contributed by atoms with van der Waals surface area (Å²) in [5.74, 6) is 0.655. The summed E-state index contributed by atoms with van der Waals surface area (Å²) in [6, 6.07) is 16.8. The lowest BCUT2D eigenvalue weighted by molar-refractivity contribution is -0.123. The van der Waals surface area contributed by atoms with Crippen molar-refractivity contribution in [3.05, 3.63) is 65.7 Å². The molecule has 1 unspecified atom stereocenters. The number of amides is 1. The van der Waals surface area contributed by atoms with Crippen LogP contribution in [0.25, 0.3) is 0 Å². The van der Waals surface area contributed by atoms with Gasteiger partial charge in [0.1, 0.15) is 5.75 Å². The monoisotopic (exact) mass is 312 g/mol. The molecule has 0 bridgehead atoms. The molecule has 4 heteroatoms. The third-order valence-electron chi connectivity index (χ3n) is 3.66. The molecule has 0 saturated heterocycles. The van der Waals surface area contributed by atoms with Crippen LogP contribution in [0.1, 0.15) is 31.0 Å². The summed E-state index contributed by atoms with van der Waals surface area (Å²) in [6.45, 7) is 4.50. The quantitative estimate of drug-likeness (QED) is 0.826. The van der Waals surface area contributed by atoms with Crippen molar-refractivity contribution < 1.29 is 9.53 Å². The Bertz CT molecular complexity index is 628. The number of hydrogen-bond acceptors (Lipinski definition) is 3. The first-order chi connectivity index (χ1) is 11.1. The van der Waals surface area contributed by atoms with Gasteiger partial charge in [0.25, 0.3) is 0 Å². The van der Waals surface area contributed by atoms with Crippen molar-refractivity contribution in [2.24, 2.45) is 5.73 Å². The molecule has 122 valence electrons. The molecule has 0 aliphatic rings. The van der Waals surface area contributed by atoms with Crippen molar-refractivity contribution in [2.45, 2.75) is 32.4 Å². The number of hydrogen-bond donors (Lipinski definition) is 2. The minimum Gasteiger partial charge on any atom is -0.494 e. The molecule has 0 aromatic heterocycles. The Balaban J connectivity index is 1.94. The predicted octanol–water partition coefficient (Wildman–Crippen LogP) is 2.83. The van der Waals surface area contributed by atoms with Crippen LogP contribution >= 0.6 is 0 Å². The first kappa shape index (κ1) is 17.0. The number of carbonyl (C=O) groups excluding carboxylic acids is 1. The van der Waals surface area contributed by atoms with Gasteiger partial charge in [-0.25, -0.2) is 0 Å². The minimum atomic E-state index is -0.560. The summed E-state index contributed by atoms with van der Waals surface area (Å²) >= 11 is 0. The smallest absolute Gasteiger partial charge is 0.237 e. The molecule has 23 heavy (non-hydrogen) atoms. The van der Waals surface area contributed by atoms with Crippen molar-refractivity contribution in [2.75, 3.05) is 6.61 Å². The van der Waals surface area contributed by atoms with E-state index >= 15 is 0 Å². The molecule has 0 heterocycles. The summed E-state index contributed by atoms with van der Waals surface area (Å²) in [6.07, 6.45) is 0.526. The Labute approximate surface area is 137 Å². The fraction of sp³-hybridized carbons (Fsp3) is 0.316. The summed E-state index contributed by atoms with van der Waals surface area (Å²) in [5.41, 5.74) is 8.07. The lowest BCUT2D eigenvalue weighted by Crippen LogP contribution is -2.42. The number of nitrogens with two attached hydrogens (primary N) is 1. The largest absolute Gasteiger partial charge is 0.494 e. The predicted molar refractivity (Wildman–Crippen MR) is 92.3 cm³/mol. The highest BCUT2D eigenvalue weighted by Gasteiger charge is 2.17. The normalized spacial score (nSPS) is 13.2. The summed E-state index contributed by atoms with van der Waals surface area (Å²) in [5, 5.41) is 2.97. The second kappa shape index (κ2) is 8.34. The molecule has 0 fully saturated rings. The average Bonchev–Trinajstić information content (AvgIpc) is 2.56. The molecule has 1 amide bonds. The third-order valence-corrected chi connectivity index (χ3v) is 3.66. The molecule has 3 N–H and O–H groups in total. The molecule has 0 saturated carbocycles. The van der Waals surface area contributed by atoms with E-state index in [4.69, 9.17) is 10.5 Å². The van der Waals surface area contributed by atoms with Crippen LogP contribution in [-0.2, 0) is 11.2 Å². The zero-order chi connectivity index (χ0) is 16.7.